The van der Waals surface area contributed by atoms with Crippen molar-refractivity contribution in [2.75, 3.05) is 0 Å². The number of thiazole rings is 1. The maximum Gasteiger partial charge on any atom is 0.162 e. The van der Waals surface area contributed by atoms with Crippen LogP contribution in [0.2, 0.25) is 5.02 Å². The summed E-state index contributed by atoms with van der Waals surface area (Å²) in [5.41, 5.74) is 2.00. The van der Waals surface area contributed by atoms with Crippen LogP contribution >= 0.6 is 22.9 Å². The summed E-state index contributed by atoms with van der Waals surface area (Å²) in [5.74, 6) is 0.801. The van der Waals surface area contributed by atoms with Crippen LogP contribution in [0.25, 0.3) is 22.0 Å². The molecule has 0 fully saturated rings. The van der Waals surface area contributed by atoms with E-state index in [4.69, 9.17) is 16.0 Å². The third-order valence-corrected chi connectivity index (χ3v) is 3.48. The van der Waals surface area contributed by atoms with Crippen molar-refractivity contribution in [3.8, 4) is 22.0 Å². The van der Waals surface area contributed by atoms with E-state index in [9.17, 15) is 0 Å². The van der Waals surface area contributed by atoms with Gasteiger partial charge in [0.05, 0.1) is 12.0 Å². The molecule has 0 atom stereocenters. The molecule has 0 amide bonds. The van der Waals surface area contributed by atoms with Crippen LogP contribution in [0, 0.1) is 0 Å². The lowest BCUT2D eigenvalue weighted by molar-refractivity contribution is 0.582. The Hall–Kier alpha value is -1.58. The molecule has 4 heteroatoms. The van der Waals surface area contributed by atoms with Crippen molar-refractivity contribution in [2.45, 2.75) is 0 Å². The van der Waals surface area contributed by atoms with Crippen molar-refractivity contribution in [3.63, 3.8) is 0 Å². The monoisotopic (exact) mass is 261 g/mol. The van der Waals surface area contributed by atoms with Crippen LogP contribution in [0.1, 0.15) is 0 Å². The van der Waals surface area contributed by atoms with Crippen molar-refractivity contribution in [1.29, 1.82) is 0 Å². The molecule has 0 bridgehead atoms. The van der Waals surface area contributed by atoms with Crippen molar-refractivity contribution in [1.82, 2.24) is 4.98 Å². The maximum absolute atomic E-state index is 5.85. The van der Waals surface area contributed by atoms with Gasteiger partial charge in [-0.2, -0.15) is 0 Å². The highest BCUT2D eigenvalue weighted by Crippen LogP contribution is 2.29. The summed E-state index contributed by atoms with van der Waals surface area (Å²) in [5, 5.41) is 3.64. The average Bonchev–Trinajstić information content (AvgIpc) is 3.00. The first kappa shape index (κ1) is 10.6. The van der Waals surface area contributed by atoms with E-state index in [0.29, 0.717) is 0 Å². The zero-order valence-corrected chi connectivity index (χ0v) is 10.3. The Labute approximate surface area is 108 Å². The molecular weight excluding hydrogens is 254 g/mol. The summed E-state index contributed by atoms with van der Waals surface area (Å²) >= 11 is 7.42. The Balaban J connectivity index is 1.98. The van der Waals surface area contributed by atoms with E-state index in [2.05, 4.69) is 4.98 Å². The lowest BCUT2D eigenvalue weighted by Crippen LogP contribution is -1.77. The van der Waals surface area contributed by atoms with Gasteiger partial charge < -0.3 is 4.42 Å². The number of aromatic nitrogens is 1. The van der Waals surface area contributed by atoms with Crippen LogP contribution in [0.4, 0.5) is 0 Å². The summed E-state index contributed by atoms with van der Waals surface area (Å²) in [6, 6.07) is 11.4. The van der Waals surface area contributed by atoms with Crippen LogP contribution in [0.3, 0.4) is 0 Å². The van der Waals surface area contributed by atoms with Gasteiger partial charge in [-0.05, 0) is 24.3 Å². The fourth-order valence-electron chi connectivity index (χ4n) is 1.54. The Bertz CT molecular complexity index is 613. The fourth-order valence-corrected chi connectivity index (χ4v) is 2.46. The predicted octanol–water partition coefficient (Wildman–Crippen LogP) is 4.72. The first-order chi connectivity index (χ1) is 8.33. The molecule has 0 saturated heterocycles. The predicted molar refractivity (Wildman–Crippen MR) is 70.3 cm³/mol. The molecule has 0 spiro atoms. The number of hydrogen-bond donors (Lipinski definition) is 0. The molecule has 2 heterocycles. The molecule has 3 rings (SSSR count). The summed E-state index contributed by atoms with van der Waals surface area (Å²) in [6.45, 7) is 0. The normalized spacial score (nSPS) is 10.6. The number of furan rings is 1. The molecular formula is C13H8ClNOS. The standard InChI is InChI=1S/C13H8ClNOS/c14-10-5-3-9(4-6-10)11-8-17-13(15-11)12-2-1-7-16-12/h1-8H. The topological polar surface area (TPSA) is 26.0 Å². The highest BCUT2D eigenvalue weighted by molar-refractivity contribution is 7.13. The van der Waals surface area contributed by atoms with E-state index in [1.165, 1.54) is 0 Å². The molecule has 0 radical (unpaired) electrons. The SMILES string of the molecule is Clc1ccc(-c2csc(-c3ccco3)n2)cc1. The number of nitrogens with zero attached hydrogens (tertiary/aromatic N) is 1. The van der Waals surface area contributed by atoms with Crippen LogP contribution < -0.4 is 0 Å². The Kier molecular flexibility index (Phi) is 2.71. The highest BCUT2D eigenvalue weighted by atomic mass is 35.5. The van der Waals surface area contributed by atoms with E-state index in [-0.39, 0.29) is 0 Å². The maximum atomic E-state index is 5.85. The average molecular weight is 262 g/mol. The fraction of sp³-hybridized carbons (Fsp3) is 0. The molecule has 17 heavy (non-hydrogen) atoms. The second kappa shape index (κ2) is 4.35. The Morgan fingerprint density at radius 2 is 1.94 bits per heavy atom. The highest BCUT2D eigenvalue weighted by Gasteiger charge is 2.08. The van der Waals surface area contributed by atoms with Gasteiger partial charge in [0, 0.05) is 16.0 Å². The van der Waals surface area contributed by atoms with Gasteiger partial charge in [-0.25, -0.2) is 4.98 Å². The molecule has 84 valence electrons. The number of hydrogen-bond acceptors (Lipinski definition) is 3. The van der Waals surface area contributed by atoms with Crippen LogP contribution in [0.5, 0.6) is 0 Å². The largest absolute Gasteiger partial charge is 0.462 e. The summed E-state index contributed by atoms with van der Waals surface area (Å²) < 4.78 is 5.31. The van der Waals surface area contributed by atoms with E-state index < -0.39 is 0 Å². The van der Waals surface area contributed by atoms with Gasteiger partial charge in [0.15, 0.2) is 10.8 Å². The molecule has 1 aromatic carbocycles. The third kappa shape index (κ3) is 2.12. The van der Waals surface area contributed by atoms with Gasteiger partial charge in [-0.1, -0.05) is 23.7 Å². The number of rotatable bonds is 2. The van der Waals surface area contributed by atoms with Crippen LogP contribution in [-0.2, 0) is 0 Å². The third-order valence-electron chi connectivity index (χ3n) is 2.38. The molecule has 3 aromatic rings. The first-order valence-corrected chi connectivity index (χ1v) is 6.34. The number of benzene rings is 1. The Morgan fingerprint density at radius 3 is 2.65 bits per heavy atom. The zero-order valence-electron chi connectivity index (χ0n) is 8.76. The quantitative estimate of drug-likeness (QED) is 0.667. The van der Waals surface area contributed by atoms with Gasteiger partial charge in [0.2, 0.25) is 0 Å². The Morgan fingerprint density at radius 1 is 1.12 bits per heavy atom. The second-order valence-electron chi connectivity index (χ2n) is 3.52. The molecule has 2 aromatic heterocycles. The van der Waals surface area contributed by atoms with Crippen molar-refractivity contribution >= 4 is 22.9 Å². The minimum atomic E-state index is 0.732. The molecule has 0 unspecified atom stereocenters. The minimum absolute atomic E-state index is 0.732. The molecule has 0 aliphatic carbocycles. The van der Waals surface area contributed by atoms with E-state index in [0.717, 1.165) is 27.0 Å². The number of halogens is 1. The van der Waals surface area contributed by atoms with E-state index in [1.54, 1.807) is 17.6 Å². The molecule has 0 aliphatic heterocycles. The minimum Gasteiger partial charge on any atom is -0.462 e. The van der Waals surface area contributed by atoms with E-state index in [1.807, 2.05) is 41.8 Å². The molecule has 0 N–H and O–H groups in total. The zero-order chi connectivity index (χ0) is 11.7. The summed E-state index contributed by atoms with van der Waals surface area (Å²) in [4.78, 5) is 4.53. The van der Waals surface area contributed by atoms with E-state index >= 15 is 0 Å². The van der Waals surface area contributed by atoms with Crippen molar-refractivity contribution in [3.05, 3.63) is 53.1 Å². The lowest BCUT2D eigenvalue weighted by atomic mass is 10.2. The molecule has 0 saturated carbocycles. The van der Waals surface area contributed by atoms with Gasteiger partial charge >= 0.3 is 0 Å². The molecule has 2 nitrogen and oxygen atoms in total. The lowest BCUT2D eigenvalue weighted by Gasteiger charge is -1.95. The van der Waals surface area contributed by atoms with Crippen LogP contribution in [0.15, 0.2) is 52.5 Å². The smallest absolute Gasteiger partial charge is 0.162 e. The van der Waals surface area contributed by atoms with Crippen LogP contribution in [-0.4, -0.2) is 4.98 Å². The van der Waals surface area contributed by atoms with Gasteiger partial charge in [-0.3, -0.25) is 0 Å². The van der Waals surface area contributed by atoms with Crippen molar-refractivity contribution in [2.24, 2.45) is 0 Å². The van der Waals surface area contributed by atoms with Gasteiger partial charge in [0.1, 0.15) is 0 Å². The second-order valence-corrected chi connectivity index (χ2v) is 4.82. The van der Waals surface area contributed by atoms with Gasteiger partial charge in [0.25, 0.3) is 0 Å². The first-order valence-electron chi connectivity index (χ1n) is 5.08. The van der Waals surface area contributed by atoms with Gasteiger partial charge in [-0.15, -0.1) is 11.3 Å². The summed E-state index contributed by atoms with van der Waals surface area (Å²) in [6.07, 6.45) is 1.65. The van der Waals surface area contributed by atoms with Crippen molar-refractivity contribution < 1.29 is 4.42 Å². The summed E-state index contributed by atoms with van der Waals surface area (Å²) in [7, 11) is 0. The molecule has 0 aliphatic rings.